The van der Waals surface area contributed by atoms with Crippen LogP contribution in [0.25, 0.3) is 0 Å². The van der Waals surface area contributed by atoms with Crippen LogP contribution in [0.3, 0.4) is 0 Å². The molecule has 2 rings (SSSR count). The van der Waals surface area contributed by atoms with Crippen molar-refractivity contribution < 1.29 is 14.3 Å². The van der Waals surface area contributed by atoms with Crippen LogP contribution in [0, 0.1) is 11.8 Å². The molecule has 0 N–H and O–H groups in total. The van der Waals surface area contributed by atoms with Gasteiger partial charge in [-0.25, -0.2) is 4.79 Å². The lowest BCUT2D eigenvalue weighted by Gasteiger charge is -2.36. The van der Waals surface area contributed by atoms with Gasteiger partial charge < -0.3 is 19.3 Å². The minimum Gasteiger partial charge on any atom is -0.493 e. The van der Waals surface area contributed by atoms with Crippen LogP contribution in [-0.2, 0) is 4.74 Å². The van der Waals surface area contributed by atoms with Crippen LogP contribution in [0.4, 0.5) is 10.5 Å². The van der Waals surface area contributed by atoms with Crippen molar-refractivity contribution in [3.63, 3.8) is 0 Å². The molecule has 1 aromatic rings. The normalized spacial score (nSPS) is 13.2. The molecule has 5 heteroatoms. The molecule has 1 saturated heterocycles. The highest BCUT2D eigenvalue weighted by Crippen LogP contribution is 2.22. The topological polar surface area (TPSA) is 42.0 Å². The van der Waals surface area contributed by atoms with Gasteiger partial charge in [-0.2, -0.15) is 0 Å². The lowest BCUT2D eigenvalue weighted by Crippen LogP contribution is -2.50. The van der Waals surface area contributed by atoms with E-state index in [1.54, 1.807) is 4.90 Å². The number of nitrogens with zero attached hydrogens (tertiary/aromatic N) is 2. The molecule has 0 atom stereocenters. The first-order valence-corrected chi connectivity index (χ1v) is 12.4. The number of hydrogen-bond donors (Lipinski definition) is 0. The number of anilines is 1. The summed E-state index contributed by atoms with van der Waals surface area (Å²) in [6, 6.07) is 8.19. The average molecular weight is 453 g/mol. The van der Waals surface area contributed by atoms with Gasteiger partial charge in [-0.15, -0.1) is 0 Å². The van der Waals surface area contributed by atoms with Crippen molar-refractivity contribution in [3.05, 3.63) is 24.3 Å². The Hall–Kier alpha value is -1.91. The number of carbonyl (C=O) groups is 1. The third kappa shape index (κ3) is 15.8. The second-order valence-electron chi connectivity index (χ2n) is 9.39. The summed E-state index contributed by atoms with van der Waals surface area (Å²) in [6.07, 6.45) is -0.223. The molecule has 1 amide bonds. The van der Waals surface area contributed by atoms with Crippen LogP contribution in [0.1, 0.15) is 83.1 Å². The van der Waals surface area contributed by atoms with Crippen LogP contribution < -0.4 is 9.64 Å². The predicted octanol–water partition coefficient (Wildman–Crippen LogP) is 7.49. The molecule has 1 heterocycles. The molecular formula is C27H52N2O3. The van der Waals surface area contributed by atoms with Crippen LogP contribution in [0.5, 0.6) is 5.75 Å². The summed E-state index contributed by atoms with van der Waals surface area (Å²) < 4.78 is 11.1. The molecule has 1 aromatic carbocycles. The number of carbonyl (C=O) groups excluding carboxylic acids is 1. The fraction of sp³-hybridized carbons (Fsp3) is 0.741. The van der Waals surface area contributed by atoms with E-state index >= 15 is 0 Å². The summed E-state index contributed by atoms with van der Waals surface area (Å²) in [4.78, 5) is 16.2. The molecule has 5 nitrogen and oxygen atoms in total. The summed E-state index contributed by atoms with van der Waals surface area (Å²) in [5.41, 5.74) is 0.718. The van der Waals surface area contributed by atoms with Crippen LogP contribution in [-0.4, -0.2) is 49.4 Å². The summed E-state index contributed by atoms with van der Waals surface area (Å²) in [5.74, 6) is 2.26. The first-order chi connectivity index (χ1) is 15.0. The van der Waals surface area contributed by atoms with Crippen molar-refractivity contribution in [3.8, 4) is 5.75 Å². The van der Waals surface area contributed by atoms with Gasteiger partial charge in [0.05, 0.1) is 6.61 Å². The number of benzene rings is 1. The summed E-state index contributed by atoms with van der Waals surface area (Å²) in [5, 5.41) is 0. The zero-order chi connectivity index (χ0) is 25.3. The predicted molar refractivity (Wildman–Crippen MR) is 140 cm³/mol. The molecule has 0 saturated carbocycles. The van der Waals surface area contributed by atoms with Crippen molar-refractivity contribution in [2.24, 2.45) is 11.8 Å². The Labute approximate surface area is 199 Å². The van der Waals surface area contributed by atoms with Crippen molar-refractivity contribution in [2.45, 2.75) is 88.7 Å². The zero-order valence-corrected chi connectivity index (χ0v) is 23.1. The first-order valence-electron chi connectivity index (χ1n) is 12.4. The van der Waals surface area contributed by atoms with Crippen molar-refractivity contribution in [1.29, 1.82) is 0 Å². The quantitative estimate of drug-likeness (QED) is 0.474. The number of amides is 1. The molecule has 0 radical (unpaired) electrons. The van der Waals surface area contributed by atoms with Crippen molar-refractivity contribution in [2.75, 3.05) is 37.7 Å². The van der Waals surface area contributed by atoms with Crippen LogP contribution >= 0.6 is 0 Å². The van der Waals surface area contributed by atoms with Gasteiger partial charge in [0.2, 0.25) is 0 Å². The lowest BCUT2D eigenvalue weighted by molar-refractivity contribution is 0.0240. The summed E-state index contributed by atoms with van der Waals surface area (Å²) in [7, 11) is 0. The molecule has 1 aliphatic rings. The second-order valence-corrected chi connectivity index (χ2v) is 9.39. The molecule has 0 spiro atoms. The lowest BCUT2D eigenvalue weighted by atomic mass is 10.2. The van der Waals surface area contributed by atoms with E-state index in [1.807, 2.05) is 60.6 Å². The Balaban J connectivity index is 0. The Bertz CT molecular complexity index is 567. The molecule has 32 heavy (non-hydrogen) atoms. The SMILES string of the molecule is CC.CC.CC(C)C.CC(C)COc1ccc(N2CCN(C(=O)OC(C)(C)C)CC2)cc1. The molecule has 0 unspecified atom stereocenters. The highest BCUT2D eigenvalue weighted by molar-refractivity contribution is 5.68. The smallest absolute Gasteiger partial charge is 0.410 e. The minimum atomic E-state index is -0.444. The van der Waals surface area contributed by atoms with E-state index in [4.69, 9.17) is 9.47 Å². The standard InChI is InChI=1S/C19H30N2O3.C4H10.2C2H6/c1-15(2)14-23-17-8-6-16(7-9-17)20-10-12-21(13-11-20)18(22)24-19(3,4)5;1-4(2)3;2*1-2/h6-9,15H,10-14H2,1-5H3;4H,1-3H3;2*1-2H3. The van der Waals surface area contributed by atoms with E-state index < -0.39 is 5.60 Å². The third-order valence-corrected chi connectivity index (χ3v) is 3.72. The van der Waals surface area contributed by atoms with Crippen LogP contribution in [0.2, 0.25) is 0 Å². The molecule has 188 valence electrons. The molecule has 1 aliphatic heterocycles. The maximum absolute atomic E-state index is 12.1. The monoisotopic (exact) mass is 452 g/mol. The largest absolute Gasteiger partial charge is 0.493 e. The van der Waals surface area contributed by atoms with E-state index in [2.05, 4.69) is 51.7 Å². The average Bonchev–Trinajstić information content (AvgIpc) is 2.74. The maximum atomic E-state index is 12.1. The van der Waals surface area contributed by atoms with E-state index in [9.17, 15) is 4.79 Å². The summed E-state index contributed by atoms with van der Waals surface area (Å²) >= 11 is 0. The highest BCUT2D eigenvalue weighted by atomic mass is 16.6. The minimum absolute atomic E-state index is 0.223. The third-order valence-electron chi connectivity index (χ3n) is 3.72. The van der Waals surface area contributed by atoms with Gasteiger partial charge in [0.1, 0.15) is 11.4 Å². The molecule has 1 fully saturated rings. The number of rotatable bonds is 4. The van der Waals surface area contributed by atoms with E-state index in [0.717, 1.165) is 37.1 Å². The molecule has 0 bridgehead atoms. The first kappa shape index (κ1) is 32.3. The fourth-order valence-corrected chi connectivity index (χ4v) is 2.49. The maximum Gasteiger partial charge on any atom is 0.410 e. The molecule has 0 aromatic heterocycles. The van der Waals surface area contributed by atoms with Gasteiger partial charge in [0.25, 0.3) is 0 Å². The van der Waals surface area contributed by atoms with Crippen molar-refractivity contribution >= 4 is 11.8 Å². The molecular weight excluding hydrogens is 400 g/mol. The van der Waals surface area contributed by atoms with Gasteiger partial charge in [0, 0.05) is 31.9 Å². The van der Waals surface area contributed by atoms with E-state index in [-0.39, 0.29) is 6.09 Å². The van der Waals surface area contributed by atoms with Gasteiger partial charge >= 0.3 is 6.09 Å². The Morgan fingerprint density at radius 1 is 0.875 bits per heavy atom. The Morgan fingerprint density at radius 2 is 1.31 bits per heavy atom. The van der Waals surface area contributed by atoms with Gasteiger partial charge in [-0.05, 0) is 56.9 Å². The Morgan fingerprint density at radius 3 is 1.69 bits per heavy atom. The number of hydrogen-bond acceptors (Lipinski definition) is 4. The van der Waals surface area contributed by atoms with Crippen LogP contribution in [0.15, 0.2) is 24.3 Å². The van der Waals surface area contributed by atoms with Gasteiger partial charge in [-0.1, -0.05) is 62.3 Å². The van der Waals surface area contributed by atoms with E-state index in [1.165, 1.54) is 0 Å². The summed E-state index contributed by atoms with van der Waals surface area (Å²) in [6.45, 7) is 28.2. The number of piperazine rings is 1. The Kier molecular flexibility index (Phi) is 17.8. The van der Waals surface area contributed by atoms with Crippen molar-refractivity contribution in [1.82, 2.24) is 4.90 Å². The van der Waals surface area contributed by atoms with Gasteiger partial charge in [0.15, 0.2) is 0 Å². The second kappa shape index (κ2) is 17.6. The van der Waals surface area contributed by atoms with E-state index in [0.29, 0.717) is 19.0 Å². The fourth-order valence-electron chi connectivity index (χ4n) is 2.49. The zero-order valence-electron chi connectivity index (χ0n) is 23.1. The number of ether oxygens (including phenoxy) is 2. The highest BCUT2D eigenvalue weighted by Gasteiger charge is 2.25. The van der Waals surface area contributed by atoms with Gasteiger partial charge in [-0.3, -0.25) is 0 Å². The molecule has 0 aliphatic carbocycles.